The highest BCUT2D eigenvalue weighted by Gasteiger charge is 2.19. The minimum atomic E-state index is 0.307. The number of hydrogen-bond acceptors (Lipinski definition) is 4. The van der Waals surface area contributed by atoms with E-state index < -0.39 is 0 Å². The largest absolute Gasteiger partial charge is 0.370 e. The van der Waals surface area contributed by atoms with Gasteiger partial charge in [0.2, 0.25) is 0 Å². The standard InChI is InChI=1S/C30H31N5/c1-2-4-21-7-9-22(10-8-21)24-11-13-27-26(19-24)32-20-35(27)29-14-12-23-5-3-6-28(30(23)33-29)34-17-15-25(31)16-18-34/h3,5-14,19-20,25H,2,4,15-18,31H2,1H3. The quantitative estimate of drug-likeness (QED) is 0.342. The van der Waals surface area contributed by atoms with Crippen LogP contribution >= 0.6 is 0 Å². The predicted molar refractivity (Wildman–Crippen MR) is 145 cm³/mol. The Morgan fingerprint density at radius 3 is 2.51 bits per heavy atom. The van der Waals surface area contributed by atoms with E-state index in [4.69, 9.17) is 15.7 Å². The summed E-state index contributed by atoms with van der Waals surface area (Å²) in [6.45, 7) is 4.16. The number of benzene rings is 3. The second kappa shape index (κ2) is 9.16. The Bertz CT molecular complexity index is 1480. The van der Waals surface area contributed by atoms with E-state index in [0.717, 1.165) is 60.1 Å². The van der Waals surface area contributed by atoms with E-state index in [1.165, 1.54) is 28.8 Å². The minimum Gasteiger partial charge on any atom is -0.370 e. The van der Waals surface area contributed by atoms with Crippen LogP contribution in [0.15, 0.2) is 79.1 Å². The van der Waals surface area contributed by atoms with Crippen molar-refractivity contribution in [2.75, 3.05) is 18.0 Å². The third-order valence-corrected chi connectivity index (χ3v) is 7.18. The van der Waals surface area contributed by atoms with Crippen LogP contribution in [0.25, 0.3) is 38.9 Å². The van der Waals surface area contributed by atoms with Crippen LogP contribution in [0.2, 0.25) is 0 Å². The molecule has 5 heteroatoms. The summed E-state index contributed by atoms with van der Waals surface area (Å²) in [6.07, 6.45) is 6.21. The number of nitrogens with zero attached hydrogens (tertiary/aromatic N) is 4. The summed E-state index contributed by atoms with van der Waals surface area (Å²) in [6, 6.07) is 26.4. The Hall–Kier alpha value is -3.70. The molecule has 0 atom stereocenters. The fourth-order valence-corrected chi connectivity index (χ4v) is 5.18. The van der Waals surface area contributed by atoms with E-state index in [0.29, 0.717) is 6.04 Å². The Morgan fingerprint density at radius 2 is 1.71 bits per heavy atom. The number of para-hydroxylation sites is 1. The lowest BCUT2D eigenvalue weighted by molar-refractivity contribution is 0.502. The molecule has 0 bridgehead atoms. The fraction of sp³-hybridized carbons (Fsp3) is 0.267. The fourth-order valence-electron chi connectivity index (χ4n) is 5.18. The van der Waals surface area contributed by atoms with Crippen molar-refractivity contribution in [3.8, 4) is 16.9 Å². The second-order valence-electron chi connectivity index (χ2n) is 9.61. The smallest absolute Gasteiger partial charge is 0.139 e. The Balaban J connectivity index is 1.36. The molecule has 0 radical (unpaired) electrons. The van der Waals surface area contributed by atoms with Crippen molar-refractivity contribution in [1.82, 2.24) is 14.5 Å². The molecule has 3 aromatic carbocycles. The van der Waals surface area contributed by atoms with E-state index in [1.807, 2.05) is 6.33 Å². The van der Waals surface area contributed by atoms with Gasteiger partial charge in [-0.2, -0.15) is 0 Å². The van der Waals surface area contributed by atoms with Crippen molar-refractivity contribution < 1.29 is 0 Å². The number of imidazole rings is 1. The molecule has 5 aromatic rings. The molecule has 0 saturated carbocycles. The first kappa shape index (κ1) is 21.8. The van der Waals surface area contributed by atoms with Crippen LogP contribution < -0.4 is 10.6 Å². The minimum absolute atomic E-state index is 0.307. The highest BCUT2D eigenvalue weighted by molar-refractivity contribution is 5.92. The summed E-state index contributed by atoms with van der Waals surface area (Å²) >= 11 is 0. The van der Waals surface area contributed by atoms with Gasteiger partial charge >= 0.3 is 0 Å². The van der Waals surface area contributed by atoms with Gasteiger partial charge in [0, 0.05) is 24.5 Å². The molecule has 1 aliphatic rings. The van der Waals surface area contributed by atoms with E-state index in [9.17, 15) is 0 Å². The first-order valence-corrected chi connectivity index (χ1v) is 12.7. The first-order chi connectivity index (χ1) is 17.2. The Kier molecular flexibility index (Phi) is 5.71. The van der Waals surface area contributed by atoms with Crippen LogP contribution in [0.1, 0.15) is 31.7 Å². The van der Waals surface area contributed by atoms with E-state index in [-0.39, 0.29) is 0 Å². The van der Waals surface area contributed by atoms with Gasteiger partial charge in [0.1, 0.15) is 12.1 Å². The number of aromatic nitrogens is 3. The average molecular weight is 462 g/mol. The van der Waals surface area contributed by atoms with Gasteiger partial charge in [-0.05, 0) is 66.3 Å². The number of fused-ring (bicyclic) bond motifs is 2. The Labute approximate surface area is 206 Å². The van der Waals surface area contributed by atoms with Crippen LogP contribution in [-0.2, 0) is 6.42 Å². The van der Waals surface area contributed by atoms with Crippen molar-refractivity contribution in [2.45, 2.75) is 38.6 Å². The lowest BCUT2D eigenvalue weighted by atomic mass is 10.0. The summed E-state index contributed by atoms with van der Waals surface area (Å²) in [4.78, 5) is 12.3. The maximum atomic E-state index is 6.14. The van der Waals surface area contributed by atoms with Crippen LogP contribution in [0, 0.1) is 0 Å². The molecule has 6 rings (SSSR count). The van der Waals surface area contributed by atoms with Crippen LogP contribution in [0.4, 0.5) is 5.69 Å². The zero-order chi connectivity index (χ0) is 23.8. The Morgan fingerprint density at radius 1 is 0.914 bits per heavy atom. The second-order valence-corrected chi connectivity index (χ2v) is 9.61. The molecule has 1 aliphatic heterocycles. The van der Waals surface area contributed by atoms with Gasteiger partial charge in [-0.1, -0.05) is 55.8 Å². The maximum Gasteiger partial charge on any atom is 0.139 e. The first-order valence-electron chi connectivity index (χ1n) is 12.7. The number of aryl methyl sites for hydroxylation is 1. The van der Waals surface area contributed by atoms with Gasteiger partial charge in [0.25, 0.3) is 0 Å². The number of rotatable bonds is 5. The zero-order valence-corrected chi connectivity index (χ0v) is 20.2. The zero-order valence-electron chi connectivity index (χ0n) is 20.2. The van der Waals surface area contributed by atoms with E-state index >= 15 is 0 Å². The highest BCUT2D eigenvalue weighted by atomic mass is 15.2. The third-order valence-electron chi connectivity index (χ3n) is 7.18. The molecule has 35 heavy (non-hydrogen) atoms. The van der Waals surface area contributed by atoms with Gasteiger partial charge in [0.15, 0.2) is 0 Å². The molecular weight excluding hydrogens is 430 g/mol. The summed E-state index contributed by atoms with van der Waals surface area (Å²) in [5.74, 6) is 0.887. The SMILES string of the molecule is CCCc1ccc(-c2ccc3c(c2)ncn3-c2ccc3cccc(N4CCC(N)CC4)c3n2)cc1. The molecule has 2 aromatic heterocycles. The monoisotopic (exact) mass is 461 g/mol. The molecule has 0 amide bonds. The molecule has 0 unspecified atom stereocenters. The van der Waals surface area contributed by atoms with E-state index in [2.05, 4.69) is 89.2 Å². The van der Waals surface area contributed by atoms with Gasteiger partial charge in [0.05, 0.1) is 22.2 Å². The molecule has 1 saturated heterocycles. The van der Waals surface area contributed by atoms with Crippen LogP contribution in [0.3, 0.4) is 0 Å². The molecule has 176 valence electrons. The van der Waals surface area contributed by atoms with E-state index in [1.54, 1.807) is 0 Å². The van der Waals surface area contributed by atoms with Crippen molar-refractivity contribution in [1.29, 1.82) is 0 Å². The van der Waals surface area contributed by atoms with Gasteiger partial charge in [-0.3, -0.25) is 4.57 Å². The summed E-state index contributed by atoms with van der Waals surface area (Å²) in [5.41, 5.74) is 14.2. The summed E-state index contributed by atoms with van der Waals surface area (Å²) in [7, 11) is 0. The third kappa shape index (κ3) is 4.17. The predicted octanol–water partition coefficient (Wildman–Crippen LogP) is 6.12. The lowest BCUT2D eigenvalue weighted by Gasteiger charge is -2.32. The summed E-state index contributed by atoms with van der Waals surface area (Å²) in [5, 5.41) is 1.15. The maximum absolute atomic E-state index is 6.14. The van der Waals surface area contributed by atoms with Gasteiger partial charge in [-0.25, -0.2) is 9.97 Å². The van der Waals surface area contributed by atoms with Gasteiger partial charge in [-0.15, -0.1) is 0 Å². The average Bonchev–Trinajstić information content (AvgIpc) is 3.33. The lowest BCUT2D eigenvalue weighted by Crippen LogP contribution is -2.39. The van der Waals surface area contributed by atoms with Crippen molar-refractivity contribution in [3.63, 3.8) is 0 Å². The molecule has 0 spiro atoms. The number of pyridine rings is 1. The van der Waals surface area contributed by atoms with Crippen LogP contribution in [-0.4, -0.2) is 33.7 Å². The molecule has 3 heterocycles. The van der Waals surface area contributed by atoms with Crippen LogP contribution in [0.5, 0.6) is 0 Å². The van der Waals surface area contributed by atoms with Crippen molar-refractivity contribution in [2.24, 2.45) is 5.73 Å². The molecule has 5 nitrogen and oxygen atoms in total. The number of nitrogens with two attached hydrogens (primary N) is 1. The normalized spacial score (nSPS) is 14.7. The topological polar surface area (TPSA) is 60.0 Å². The molecule has 0 aliphatic carbocycles. The summed E-state index contributed by atoms with van der Waals surface area (Å²) < 4.78 is 2.09. The highest BCUT2D eigenvalue weighted by Crippen LogP contribution is 2.30. The van der Waals surface area contributed by atoms with Gasteiger partial charge < -0.3 is 10.6 Å². The molecule has 1 fully saturated rings. The molecular formula is C30H31N5. The van der Waals surface area contributed by atoms with Crippen molar-refractivity contribution >= 4 is 27.6 Å². The number of hydrogen-bond donors (Lipinski definition) is 1. The number of anilines is 1. The van der Waals surface area contributed by atoms with Crippen molar-refractivity contribution in [3.05, 3.63) is 84.7 Å². The number of piperidine rings is 1. The molecule has 2 N–H and O–H groups in total.